The summed E-state index contributed by atoms with van der Waals surface area (Å²) in [6.45, 7) is 8.35. The summed E-state index contributed by atoms with van der Waals surface area (Å²) in [6, 6.07) is 0. The Kier molecular flexibility index (Phi) is 2.07. The van der Waals surface area contributed by atoms with Gasteiger partial charge in [-0.25, -0.2) is 0 Å². The van der Waals surface area contributed by atoms with Crippen LogP contribution in [0.2, 0.25) is 0 Å². The molecule has 0 aromatic heterocycles. The van der Waals surface area contributed by atoms with Gasteiger partial charge in [0, 0.05) is 6.54 Å². The van der Waals surface area contributed by atoms with Gasteiger partial charge in [0.15, 0.2) is 5.96 Å². The second-order valence-corrected chi connectivity index (χ2v) is 3.64. The molecule has 1 heterocycles. The van der Waals surface area contributed by atoms with Gasteiger partial charge in [-0.05, 0) is 20.3 Å². The molecular formula is C8H17N3. The summed E-state index contributed by atoms with van der Waals surface area (Å²) in [7, 11) is 0. The van der Waals surface area contributed by atoms with Crippen molar-refractivity contribution in [3.8, 4) is 0 Å². The van der Waals surface area contributed by atoms with E-state index in [9.17, 15) is 0 Å². The van der Waals surface area contributed by atoms with Crippen LogP contribution in [0.3, 0.4) is 0 Å². The third-order valence-corrected chi connectivity index (χ3v) is 2.08. The third-order valence-electron chi connectivity index (χ3n) is 2.08. The summed E-state index contributed by atoms with van der Waals surface area (Å²) in [6.07, 6.45) is 1.12. The van der Waals surface area contributed by atoms with Crippen molar-refractivity contribution in [2.24, 2.45) is 10.7 Å². The van der Waals surface area contributed by atoms with Gasteiger partial charge in [0.05, 0.1) is 12.1 Å². The summed E-state index contributed by atoms with van der Waals surface area (Å²) < 4.78 is 0. The predicted molar refractivity (Wildman–Crippen MR) is 47.6 cm³/mol. The molecule has 2 N–H and O–H groups in total. The summed E-state index contributed by atoms with van der Waals surface area (Å²) in [5, 5.41) is 0. The number of aliphatic imine (C=N–C) groups is 1. The minimum Gasteiger partial charge on any atom is -0.370 e. The molecular weight excluding hydrogens is 138 g/mol. The van der Waals surface area contributed by atoms with Gasteiger partial charge in [-0.15, -0.1) is 0 Å². The standard InChI is InChI=1S/C8H17N3/c1-4-5-11-7(9)10-6-8(11,2)3/h4-6H2,1-3H3,(H2,9,10). The molecule has 0 aliphatic carbocycles. The minimum absolute atomic E-state index is 0.139. The number of guanidine groups is 1. The Morgan fingerprint density at radius 3 is 2.64 bits per heavy atom. The van der Waals surface area contributed by atoms with E-state index in [0.717, 1.165) is 19.5 Å². The fourth-order valence-electron chi connectivity index (χ4n) is 1.40. The highest BCUT2D eigenvalue weighted by Gasteiger charge is 2.32. The van der Waals surface area contributed by atoms with Crippen molar-refractivity contribution < 1.29 is 0 Å². The maximum Gasteiger partial charge on any atom is 0.191 e. The van der Waals surface area contributed by atoms with Crippen LogP contribution in [-0.2, 0) is 0 Å². The molecule has 0 radical (unpaired) electrons. The quantitative estimate of drug-likeness (QED) is 0.641. The van der Waals surface area contributed by atoms with Crippen LogP contribution in [0, 0.1) is 0 Å². The Morgan fingerprint density at radius 1 is 1.64 bits per heavy atom. The van der Waals surface area contributed by atoms with Gasteiger partial charge >= 0.3 is 0 Å². The molecule has 0 unspecified atom stereocenters. The fraction of sp³-hybridized carbons (Fsp3) is 0.875. The van der Waals surface area contributed by atoms with Crippen LogP contribution < -0.4 is 5.73 Å². The molecule has 1 aliphatic rings. The highest BCUT2D eigenvalue weighted by atomic mass is 15.3. The second kappa shape index (κ2) is 2.72. The SMILES string of the molecule is CCCN1C(N)=NCC1(C)C. The summed E-state index contributed by atoms with van der Waals surface area (Å²) in [4.78, 5) is 6.38. The Morgan fingerprint density at radius 2 is 2.27 bits per heavy atom. The molecule has 0 atom stereocenters. The maximum atomic E-state index is 5.72. The molecule has 0 saturated carbocycles. The van der Waals surface area contributed by atoms with E-state index in [4.69, 9.17) is 5.73 Å². The first-order chi connectivity index (χ1) is 5.08. The van der Waals surface area contributed by atoms with Gasteiger partial charge in [0.2, 0.25) is 0 Å². The zero-order valence-corrected chi connectivity index (χ0v) is 7.59. The van der Waals surface area contributed by atoms with Crippen LogP contribution >= 0.6 is 0 Å². The van der Waals surface area contributed by atoms with E-state index in [2.05, 4.69) is 30.7 Å². The van der Waals surface area contributed by atoms with Crippen LogP contribution in [-0.4, -0.2) is 29.5 Å². The molecule has 0 fully saturated rings. The molecule has 0 bridgehead atoms. The molecule has 0 saturated heterocycles. The zero-order chi connectivity index (χ0) is 8.48. The maximum absolute atomic E-state index is 5.72. The van der Waals surface area contributed by atoms with E-state index in [-0.39, 0.29) is 5.54 Å². The molecule has 1 aliphatic heterocycles. The van der Waals surface area contributed by atoms with Crippen molar-refractivity contribution in [3.63, 3.8) is 0 Å². The lowest BCUT2D eigenvalue weighted by atomic mass is 10.1. The van der Waals surface area contributed by atoms with Gasteiger partial charge in [0.1, 0.15) is 0 Å². The number of hydrogen-bond acceptors (Lipinski definition) is 3. The molecule has 0 spiro atoms. The van der Waals surface area contributed by atoms with Crippen LogP contribution in [0.25, 0.3) is 0 Å². The van der Waals surface area contributed by atoms with Crippen LogP contribution in [0.5, 0.6) is 0 Å². The molecule has 3 nitrogen and oxygen atoms in total. The largest absolute Gasteiger partial charge is 0.370 e. The van der Waals surface area contributed by atoms with Crippen molar-refractivity contribution in [2.75, 3.05) is 13.1 Å². The van der Waals surface area contributed by atoms with Crippen molar-refractivity contribution in [3.05, 3.63) is 0 Å². The van der Waals surface area contributed by atoms with E-state index in [1.807, 2.05) is 0 Å². The van der Waals surface area contributed by atoms with Gasteiger partial charge in [-0.1, -0.05) is 6.92 Å². The van der Waals surface area contributed by atoms with Gasteiger partial charge < -0.3 is 10.6 Å². The Hall–Kier alpha value is -0.730. The molecule has 0 aromatic carbocycles. The average Bonchev–Trinajstić information content (AvgIpc) is 2.16. The van der Waals surface area contributed by atoms with E-state index in [0.29, 0.717) is 5.96 Å². The summed E-state index contributed by atoms with van der Waals surface area (Å²) >= 11 is 0. The highest BCUT2D eigenvalue weighted by Crippen LogP contribution is 2.19. The topological polar surface area (TPSA) is 41.6 Å². The Balaban J connectivity index is 2.65. The van der Waals surface area contributed by atoms with Crippen LogP contribution in [0.1, 0.15) is 27.2 Å². The third kappa shape index (κ3) is 1.47. The first kappa shape index (κ1) is 8.37. The molecule has 0 amide bonds. The van der Waals surface area contributed by atoms with Crippen molar-refractivity contribution in [1.82, 2.24) is 4.90 Å². The first-order valence-corrected chi connectivity index (χ1v) is 4.15. The first-order valence-electron chi connectivity index (χ1n) is 4.15. The van der Waals surface area contributed by atoms with E-state index >= 15 is 0 Å². The van der Waals surface area contributed by atoms with Crippen molar-refractivity contribution in [2.45, 2.75) is 32.7 Å². The van der Waals surface area contributed by atoms with Crippen molar-refractivity contribution >= 4 is 5.96 Å². The molecule has 11 heavy (non-hydrogen) atoms. The number of rotatable bonds is 2. The van der Waals surface area contributed by atoms with E-state index < -0.39 is 0 Å². The van der Waals surface area contributed by atoms with E-state index in [1.165, 1.54) is 0 Å². The Bertz CT molecular complexity index is 172. The molecule has 0 aromatic rings. The fourth-order valence-corrected chi connectivity index (χ4v) is 1.40. The lowest BCUT2D eigenvalue weighted by molar-refractivity contribution is 0.246. The molecule has 64 valence electrons. The number of nitrogens with zero attached hydrogens (tertiary/aromatic N) is 2. The zero-order valence-electron chi connectivity index (χ0n) is 7.59. The normalized spacial score (nSPS) is 22.1. The number of nitrogens with two attached hydrogens (primary N) is 1. The van der Waals surface area contributed by atoms with Gasteiger partial charge in [-0.3, -0.25) is 4.99 Å². The van der Waals surface area contributed by atoms with Crippen molar-refractivity contribution in [1.29, 1.82) is 0 Å². The Labute approximate surface area is 68.3 Å². The number of hydrogen-bond donors (Lipinski definition) is 1. The van der Waals surface area contributed by atoms with Gasteiger partial charge in [-0.2, -0.15) is 0 Å². The monoisotopic (exact) mass is 155 g/mol. The summed E-state index contributed by atoms with van der Waals surface area (Å²) in [5.41, 5.74) is 5.86. The molecule has 3 heteroatoms. The summed E-state index contributed by atoms with van der Waals surface area (Å²) in [5.74, 6) is 0.705. The second-order valence-electron chi connectivity index (χ2n) is 3.64. The average molecular weight is 155 g/mol. The van der Waals surface area contributed by atoms with E-state index in [1.54, 1.807) is 0 Å². The predicted octanol–water partition coefficient (Wildman–Crippen LogP) is 0.805. The minimum atomic E-state index is 0.139. The smallest absolute Gasteiger partial charge is 0.191 e. The van der Waals surface area contributed by atoms with Crippen LogP contribution in [0.15, 0.2) is 4.99 Å². The molecule has 1 rings (SSSR count). The lowest BCUT2D eigenvalue weighted by Gasteiger charge is -2.32. The van der Waals surface area contributed by atoms with Crippen LogP contribution in [0.4, 0.5) is 0 Å². The lowest BCUT2D eigenvalue weighted by Crippen LogP contribution is -2.47. The van der Waals surface area contributed by atoms with Gasteiger partial charge in [0.25, 0.3) is 0 Å². The highest BCUT2D eigenvalue weighted by molar-refractivity contribution is 5.80.